The Morgan fingerprint density at radius 2 is 1.83 bits per heavy atom. The fourth-order valence-electron chi connectivity index (χ4n) is 0.914. The molecule has 0 spiro atoms. The first-order valence-corrected chi connectivity index (χ1v) is 6.03. The normalized spacial score (nSPS) is 12.0. The number of hydrogen-bond donors (Lipinski definition) is 0. The Labute approximate surface area is 82.8 Å². The van der Waals surface area contributed by atoms with Crippen molar-refractivity contribution in [3.63, 3.8) is 0 Å². The van der Waals surface area contributed by atoms with E-state index in [-0.39, 0.29) is 4.90 Å². The molecule has 0 aliphatic rings. The second-order valence-electron chi connectivity index (χ2n) is 2.30. The summed E-state index contributed by atoms with van der Waals surface area (Å²) in [6.45, 7) is 3.31. The van der Waals surface area contributed by atoms with Crippen LogP contribution < -0.4 is 0 Å². The third-order valence-electron chi connectivity index (χ3n) is 1.38. The highest BCUT2D eigenvalue weighted by Crippen LogP contribution is 2.36. The Bertz CT molecular complexity index is 407. The van der Waals surface area contributed by atoms with Crippen molar-refractivity contribution in [3.05, 3.63) is 14.2 Å². The molecule has 0 bridgehead atoms. The van der Waals surface area contributed by atoms with E-state index < -0.39 is 10.2 Å². The first kappa shape index (κ1) is 10.1. The Hall–Kier alpha value is 0.0600. The number of hydrogen-bond acceptors (Lipinski definition) is 3. The maximum absolute atomic E-state index is 12.6. The molecule has 1 aromatic heterocycles. The molecule has 1 heterocycles. The molecule has 0 aromatic carbocycles. The van der Waals surface area contributed by atoms with E-state index in [9.17, 15) is 12.3 Å². The summed E-state index contributed by atoms with van der Waals surface area (Å²) in [5.74, 6) is 0. The molecule has 0 saturated carbocycles. The topological polar surface area (TPSA) is 34.1 Å². The monoisotopic (exact) mass is 272 g/mol. The molecular formula is C6H6BrFO2S2. The fraction of sp³-hybridized carbons (Fsp3) is 0.333. The van der Waals surface area contributed by atoms with E-state index in [1.54, 1.807) is 13.8 Å². The zero-order valence-electron chi connectivity index (χ0n) is 6.39. The Balaban J connectivity index is 3.54. The minimum Gasteiger partial charge on any atom is -0.189 e. The van der Waals surface area contributed by atoms with Crippen molar-refractivity contribution >= 4 is 37.5 Å². The van der Waals surface area contributed by atoms with E-state index in [2.05, 4.69) is 15.9 Å². The van der Waals surface area contributed by atoms with Crippen molar-refractivity contribution < 1.29 is 12.3 Å². The number of halogens is 2. The van der Waals surface area contributed by atoms with Crippen LogP contribution in [-0.4, -0.2) is 8.42 Å². The van der Waals surface area contributed by atoms with E-state index in [0.717, 1.165) is 4.88 Å². The van der Waals surface area contributed by atoms with Gasteiger partial charge in [-0.2, -0.15) is 8.42 Å². The van der Waals surface area contributed by atoms with Gasteiger partial charge in [0.15, 0.2) is 0 Å². The van der Waals surface area contributed by atoms with Crippen molar-refractivity contribution in [3.8, 4) is 0 Å². The summed E-state index contributed by atoms with van der Waals surface area (Å²) in [6.07, 6.45) is 0. The van der Waals surface area contributed by atoms with E-state index in [0.29, 0.717) is 9.35 Å². The summed E-state index contributed by atoms with van der Waals surface area (Å²) in [7, 11) is -4.58. The Morgan fingerprint density at radius 1 is 1.33 bits per heavy atom. The minimum absolute atomic E-state index is 0.231. The average Bonchev–Trinajstić information content (AvgIpc) is 2.05. The molecule has 0 fully saturated rings. The maximum atomic E-state index is 12.6. The fourth-order valence-corrected chi connectivity index (χ4v) is 4.21. The molecule has 0 aliphatic heterocycles. The molecule has 2 nitrogen and oxygen atoms in total. The summed E-state index contributed by atoms with van der Waals surface area (Å²) in [5, 5.41) is 0. The van der Waals surface area contributed by atoms with Gasteiger partial charge in [-0.15, -0.1) is 15.2 Å². The molecule has 6 heteroatoms. The van der Waals surface area contributed by atoms with Gasteiger partial charge in [-0.3, -0.25) is 0 Å². The lowest BCUT2D eigenvalue weighted by Gasteiger charge is -1.92. The third kappa shape index (κ3) is 1.70. The van der Waals surface area contributed by atoms with Crippen molar-refractivity contribution in [2.45, 2.75) is 18.7 Å². The van der Waals surface area contributed by atoms with Crippen molar-refractivity contribution in [2.75, 3.05) is 0 Å². The number of thiophene rings is 1. The minimum atomic E-state index is -4.58. The van der Waals surface area contributed by atoms with E-state index in [4.69, 9.17) is 0 Å². The molecule has 0 radical (unpaired) electrons. The van der Waals surface area contributed by atoms with Crippen LogP contribution in [0.2, 0.25) is 0 Å². The van der Waals surface area contributed by atoms with Gasteiger partial charge in [0.2, 0.25) is 0 Å². The summed E-state index contributed by atoms with van der Waals surface area (Å²) >= 11 is 4.28. The smallest absolute Gasteiger partial charge is 0.189 e. The zero-order chi connectivity index (χ0) is 9.52. The highest BCUT2D eigenvalue weighted by molar-refractivity contribution is 9.10. The summed E-state index contributed by atoms with van der Waals surface area (Å²) in [4.78, 5) is 1.01. The molecule has 1 aromatic rings. The summed E-state index contributed by atoms with van der Waals surface area (Å²) in [5.41, 5.74) is 0. The van der Waals surface area contributed by atoms with Gasteiger partial charge in [0.1, 0.15) is 4.90 Å². The Kier molecular flexibility index (Phi) is 2.60. The molecule has 0 saturated heterocycles. The van der Waals surface area contributed by atoms with E-state index >= 15 is 0 Å². The quantitative estimate of drug-likeness (QED) is 0.737. The van der Waals surface area contributed by atoms with Crippen LogP contribution >= 0.6 is 27.3 Å². The molecular weight excluding hydrogens is 267 g/mol. The van der Waals surface area contributed by atoms with Crippen molar-refractivity contribution in [2.24, 2.45) is 0 Å². The maximum Gasteiger partial charge on any atom is 0.334 e. The molecule has 0 amide bonds. The van der Waals surface area contributed by atoms with Crippen LogP contribution in [0.15, 0.2) is 9.37 Å². The van der Waals surface area contributed by atoms with E-state index in [1.807, 2.05) is 0 Å². The molecule has 68 valence electrons. The third-order valence-corrected chi connectivity index (χ3v) is 5.04. The lowest BCUT2D eigenvalue weighted by molar-refractivity contribution is 0.551. The second kappa shape index (κ2) is 3.08. The van der Waals surface area contributed by atoms with E-state index in [1.165, 1.54) is 11.3 Å². The SMILES string of the molecule is Cc1sc(C)c(S(=O)(=O)F)c1Br. The van der Waals surface area contributed by atoms with Crippen LogP contribution in [0.4, 0.5) is 3.89 Å². The van der Waals surface area contributed by atoms with Gasteiger partial charge in [-0.1, -0.05) is 0 Å². The Morgan fingerprint density at radius 3 is 2.00 bits per heavy atom. The van der Waals surface area contributed by atoms with Crippen LogP contribution in [0.3, 0.4) is 0 Å². The standard InChI is InChI=1S/C6H6BrFO2S2/c1-3-5(7)6(4(2)11-3)12(8,9)10/h1-2H3. The van der Waals surface area contributed by atoms with Gasteiger partial charge in [0, 0.05) is 9.75 Å². The second-order valence-corrected chi connectivity index (χ2v) is 5.80. The van der Waals surface area contributed by atoms with Gasteiger partial charge in [0.25, 0.3) is 0 Å². The zero-order valence-corrected chi connectivity index (χ0v) is 9.61. The first-order valence-electron chi connectivity index (χ1n) is 3.04. The van der Waals surface area contributed by atoms with Gasteiger partial charge >= 0.3 is 10.2 Å². The first-order chi connectivity index (χ1) is 5.34. The van der Waals surface area contributed by atoms with Crippen LogP contribution in [-0.2, 0) is 10.2 Å². The average molecular weight is 273 g/mol. The number of rotatable bonds is 1. The molecule has 12 heavy (non-hydrogen) atoms. The van der Waals surface area contributed by atoms with Crippen LogP contribution in [0.1, 0.15) is 9.75 Å². The predicted molar refractivity (Wildman–Crippen MR) is 49.8 cm³/mol. The van der Waals surface area contributed by atoms with Gasteiger partial charge in [0.05, 0.1) is 4.47 Å². The molecule has 0 N–H and O–H groups in total. The lowest BCUT2D eigenvalue weighted by atomic mass is 10.4. The van der Waals surface area contributed by atoms with Gasteiger partial charge < -0.3 is 0 Å². The summed E-state index contributed by atoms with van der Waals surface area (Å²) < 4.78 is 34.1. The molecule has 0 atom stereocenters. The van der Waals surface area contributed by atoms with Crippen molar-refractivity contribution in [1.29, 1.82) is 0 Å². The van der Waals surface area contributed by atoms with Crippen molar-refractivity contribution in [1.82, 2.24) is 0 Å². The van der Waals surface area contributed by atoms with Gasteiger partial charge in [-0.25, -0.2) is 0 Å². The highest BCUT2D eigenvalue weighted by Gasteiger charge is 2.22. The molecule has 1 rings (SSSR count). The predicted octanol–water partition coefficient (Wildman–Crippen LogP) is 2.79. The highest BCUT2D eigenvalue weighted by atomic mass is 79.9. The molecule has 0 unspecified atom stereocenters. The van der Waals surface area contributed by atoms with Crippen LogP contribution in [0, 0.1) is 13.8 Å². The van der Waals surface area contributed by atoms with Crippen LogP contribution in [0.5, 0.6) is 0 Å². The largest absolute Gasteiger partial charge is 0.334 e. The van der Waals surface area contributed by atoms with Gasteiger partial charge in [-0.05, 0) is 29.8 Å². The summed E-state index contributed by atoms with van der Waals surface area (Å²) in [6, 6.07) is 0. The molecule has 0 aliphatic carbocycles. The lowest BCUT2D eigenvalue weighted by Crippen LogP contribution is -1.92. The van der Waals surface area contributed by atoms with Crippen LogP contribution in [0.25, 0.3) is 0 Å². The number of aryl methyl sites for hydroxylation is 2.